The summed E-state index contributed by atoms with van der Waals surface area (Å²) in [5.74, 6) is 1.27. The van der Waals surface area contributed by atoms with Gasteiger partial charge in [-0.2, -0.15) is 0 Å². The molecule has 1 amide bonds. The number of hydrogen-bond acceptors (Lipinski definition) is 4. The maximum atomic E-state index is 11.6. The van der Waals surface area contributed by atoms with E-state index in [1.807, 2.05) is 13.8 Å². The zero-order valence-corrected chi connectivity index (χ0v) is 15.2. The van der Waals surface area contributed by atoms with Gasteiger partial charge in [-0.05, 0) is 38.5 Å². The van der Waals surface area contributed by atoms with Crippen LogP contribution < -0.4 is 16.0 Å². The van der Waals surface area contributed by atoms with Crippen molar-refractivity contribution < 1.29 is 14.3 Å². The van der Waals surface area contributed by atoms with Gasteiger partial charge in [-0.25, -0.2) is 4.99 Å². The minimum absolute atomic E-state index is 0.0474. The van der Waals surface area contributed by atoms with Gasteiger partial charge in [0.15, 0.2) is 5.96 Å². The van der Waals surface area contributed by atoms with Crippen molar-refractivity contribution in [3.05, 3.63) is 0 Å². The van der Waals surface area contributed by atoms with Crippen LogP contribution in [0.2, 0.25) is 0 Å². The molecule has 0 aromatic heterocycles. The Morgan fingerprint density at radius 1 is 1.17 bits per heavy atom. The average molecular weight is 342 g/mol. The lowest BCUT2D eigenvalue weighted by molar-refractivity contribution is -0.119. The molecule has 0 spiro atoms. The Hall–Kier alpha value is -1.34. The van der Waals surface area contributed by atoms with Gasteiger partial charge >= 0.3 is 0 Å². The van der Waals surface area contributed by atoms with Crippen molar-refractivity contribution in [1.82, 2.24) is 16.0 Å². The number of ether oxygens (including phenoxy) is 2. The molecule has 0 unspecified atom stereocenters. The van der Waals surface area contributed by atoms with Crippen LogP contribution in [0.1, 0.15) is 39.5 Å². The summed E-state index contributed by atoms with van der Waals surface area (Å²) in [7, 11) is 0. The van der Waals surface area contributed by atoms with E-state index in [1.165, 1.54) is 0 Å². The largest absolute Gasteiger partial charge is 0.381 e. The van der Waals surface area contributed by atoms with Crippen molar-refractivity contribution in [1.29, 1.82) is 0 Å². The van der Waals surface area contributed by atoms with Crippen LogP contribution in [0.5, 0.6) is 0 Å². The fraction of sp³-hybridized carbons (Fsp3) is 0.882. The highest BCUT2D eigenvalue weighted by molar-refractivity contribution is 5.84. The fourth-order valence-corrected chi connectivity index (χ4v) is 2.36. The molecule has 0 radical (unpaired) electrons. The molecule has 1 fully saturated rings. The third-order valence-electron chi connectivity index (χ3n) is 3.75. The minimum Gasteiger partial charge on any atom is -0.381 e. The van der Waals surface area contributed by atoms with Gasteiger partial charge < -0.3 is 25.4 Å². The van der Waals surface area contributed by atoms with Gasteiger partial charge in [-0.3, -0.25) is 4.79 Å². The molecule has 0 bridgehead atoms. The van der Waals surface area contributed by atoms with Crippen molar-refractivity contribution in [3.8, 4) is 0 Å². The van der Waals surface area contributed by atoms with Gasteiger partial charge in [0.2, 0.25) is 5.91 Å². The van der Waals surface area contributed by atoms with E-state index in [0.29, 0.717) is 18.4 Å². The molecule has 7 nitrogen and oxygen atoms in total. The van der Waals surface area contributed by atoms with Crippen molar-refractivity contribution in [3.63, 3.8) is 0 Å². The molecule has 3 N–H and O–H groups in total. The summed E-state index contributed by atoms with van der Waals surface area (Å²) in [6.45, 7) is 9.71. The predicted molar refractivity (Wildman–Crippen MR) is 96.3 cm³/mol. The van der Waals surface area contributed by atoms with Crippen LogP contribution in [-0.2, 0) is 14.3 Å². The van der Waals surface area contributed by atoms with E-state index in [1.54, 1.807) is 0 Å². The Balaban J connectivity index is 2.10. The molecule has 0 saturated carbocycles. The second kappa shape index (κ2) is 14.0. The molecular formula is C17H34N4O3. The second-order valence-electron chi connectivity index (χ2n) is 5.96. The van der Waals surface area contributed by atoms with Crippen LogP contribution in [0.3, 0.4) is 0 Å². The molecule has 0 aromatic carbocycles. The maximum absolute atomic E-state index is 11.6. The van der Waals surface area contributed by atoms with E-state index in [0.717, 1.165) is 65.2 Å². The first-order valence-electron chi connectivity index (χ1n) is 9.20. The van der Waals surface area contributed by atoms with Crippen molar-refractivity contribution >= 4 is 11.9 Å². The van der Waals surface area contributed by atoms with E-state index in [2.05, 4.69) is 20.9 Å². The third kappa shape index (κ3) is 10.4. The highest BCUT2D eigenvalue weighted by atomic mass is 16.5. The number of amides is 1. The number of carbonyl (C=O) groups is 1. The highest BCUT2D eigenvalue weighted by Crippen LogP contribution is 2.14. The average Bonchev–Trinajstić information content (AvgIpc) is 2.61. The Morgan fingerprint density at radius 3 is 2.67 bits per heavy atom. The van der Waals surface area contributed by atoms with E-state index in [4.69, 9.17) is 9.47 Å². The van der Waals surface area contributed by atoms with E-state index in [-0.39, 0.29) is 12.5 Å². The van der Waals surface area contributed by atoms with Gasteiger partial charge in [-0.1, -0.05) is 6.92 Å². The zero-order chi connectivity index (χ0) is 17.5. The molecular weight excluding hydrogens is 308 g/mol. The topological polar surface area (TPSA) is 84.0 Å². The van der Waals surface area contributed by atoms with Crippen LogP contribution in [0.25, 0.3) is 0 Å². The lowest BCUT2D eigenvalue weighted by Gasteiger charge is -2.21. The number of guanidine groups is 1. The van der Waals surface area contributed by atoms with Gasteiger partial charge in [0.05, 0.1) is 0 Å². The number of hydrogen-bond donors (Lipinski definition) is 3. The smallest absolute Gasteiger partial charge is 0.241 e. The Kier molecular flexibility index (Phi) is 12.1. The summed E-state index contributed by atoms with van der Waals surface area (Å²) in [5, 5.41) is 9.18. The second-order valence-corrected chi connectivity index (χ2v) is 5.96. The molecule has 0 aromatic rings. The minimum atomic E-state index is -0.0474. The SMILES string of the molecule is CCCNC(=O)CN=C(NCC)NCCCOCC1CCOCC1. The van der Waals surface area contributed by atoms with E-state index in [9.17, 15) is 4.79 Å². The molecule has 1 rings (SSSR count). The summed E-state index contributed by atoms with van der Waals surface area (Å²) in [6, 6.07) is 0. The van der Waals surface area contributed by atoms with E-state index >= 15 is 0 Å². The molecule has 0 atom stereocenters. The Morgan fingerprint density at radius 2 is 1.96 bits per heavy atom. The van der Waals surface area contributed by atoms with Gasteiger partial charge in [0.1, 0.15) is 6.54 Å². The normalized spacial score (nSPS) is 16.0. The number of nitrogens with zero attached hydrogens (tertiary/aromatic N) is 1. The maximum Gasteiger partial charge on any atom is 0.241 e. The first-order valence-corrected chi connectivity index (χ1v) is 9.20. The fourth-order valence-electron chi connectivity index (χ4n) is 2.36. The number of carbonyl (C=O) groups excluding carboxylic acids is 1. The highest BCUT2D eigenvalue weighted by Gasteiger charge is 2.13. The molecule has 7 heteroatoms. The predicted octanol–water partition coefficient (Wildman–Crippen LogP) is 0.901. The van der Waals surface area contributed by atoms with Crippen LogP contribution in [-0.4, -0.2) is 64.5 Å². The van der Waals surface area contributed by atoms with E-state index < -0.39 is 0 Å². The monoisotopic (exact) mass is 342 g/mol. The van der Waals surface area contributed by atoms with Crippen LogP contribution in [0.15, 0.2) is 4.99 Å². The summed E-state index contributed by atoms with van der Waals surface area (Å²) in [4.78, 5) is 15.9. The summed E-state index contributed by atoms with van der Waals surface area (Å²) < 4.78 is 11.1. The molecule has 1 saturated heterocycles. The molecule has 24 heavy (non-hydrogen) atoms. The van der Waals surface area contributed by atoms with Crippen molar-refractivity contribution in [2.24, 2.45) is 10.9 Å². The molecule has 1 aliphatic heterocycles. The van der Waals surface area contributed by atoms with Gasteiger partial charge in [0, 0.05) is 46.1 Å². The number of aliphatic imine (C=N–C) groups is 1. The van der Waals surface area contributed by atoms with Crippen LogP contribution in [0.4, 0.5) is 0 Å². The van der Waals surface area contributed by atoms with Crippen LogP contribution >= 0.6 is 0 Å². The standard InChI is InChI=1S/C17H34N4O3/c1-3-8-19-16(22)13-21-17(18-4-2)20-9-5-10-24-14-15-6-11-23-12-7-15/h15H,3-14H2,1-2H3,(H,19,22)(H2,18,20,21). The third-order valence-corrected chi connectivity index (χ3v) is 3.75. The van der Waals surface area contributed by atoms with Crippen LogP contribution in [0, 0.1) is 5.92 Å². The zero-order valence-electron chi connectivity index (χ0n) is 15.2. The quantitative estimate of drug-likeness (QED) is 0.295. The van der Waals surface area contributed by atoms with Gasteiger partial charge in [-0.15, -0.1) is 0 Å². The molecule has 140 valence electrons. The number of rotatable bonds is 11. The summed E-state index contributed by atoms with van der Waals surface area (Å²) in [6.07, 6.45) is 4.06. The summed E-state index contributed by atoms with van der Waals surface area (Å²) in [5.41, 5.74) is 0. The summed E-state index contributed by atoms with van der Waals surface area (Å²) >= 11 is 0. The lowest BCUT2D eigenvalue weighted by Crippen LogP contribution is -2.39. The number of nitrogens with one attached hydrogen (secondary N) is 3. The first kappa shape index (κ1) is 20.7. The van der Waals surface area contributed by atoms with Crippen molar-refractivity contribution in [2.75, 3.05) is 52.6 Å². The molecule has 1 heterocycles. The van der Waals surface area contributed by atoms with Gasteiger partial charge in [0.25, 0.3) is 0 Å². The van der Waals surface area contributed by atoms with Crippen molar-refractivity contribution in [2.45, 2.75) is 39.5 Å². The first-order chi connectivity index (χ1) is 11.8. The Bertz CT molecular complexity index is 358. The molecule has 1 aliphatic rings. The lowest BCUT2D eigenvalue weighted by atomic mass is 10.0. The Labute approximate surface area is 146 Å². The molecule has 0 aliphatic carbocycles.